The Morgan fingerprint density at radius 3 is 2.22 bits per heavy atom. The maximum absolute atomic E-state index is 12.8. The normalized spacial score (nSPS) is 14.3. The molecule has 1 aromatic heterocycles. The number of rotatable bonds is 6. The van der Waals surface area contributed by atoms with Crippen LogP contribution >= 0.6 is 0 Å². The van der Waals surface area contributed by atoms with Gasteiger partial charge in [-0.2, -0.15) is 5.10 Å². The minimum Gasteiger partial charge on any atom is -0.335 e. The molecule has 4 aromatic rings. The summed E-state index contributed by atoms with van der Waals surface area (Å²) in [5.74, 6) is 0. The molecule has 0 unspecified atom stereocenters. The average molecular weight is 515 g/mol. The van der Waals surface area contributed by atoms with Gasteiger partial charge in [0.05, 0.1) is 22.0 Å². The summed E-state index contributed by atoms with van der Waals surface area (Å²) >= 11 is 0. The van der Waals surface area contributed by atoms with E-state index in [1.165, 1.54) is 17.7 Å². The first-order valence-electron chi connectivity index (χ1n) is 12.6. The molecule has 1 fully saturated rings. The van der Waals surface area contributed by atoms with E-state index in [-0.39, 0.29) is 10.9 Å². The zero-order valence-electron chi connectivity index (χ0n) is 20.7. The highest BCUT2D eigenvalue weighted by molar-refractivity contribution is 7.90. The van der Waals surface area contributed by atoms with E-state index >= 15 is 0 Å². The molecule has 2 N–H and O–H groups in total. The largest absolute Gasteiger partial charge is 0.335 e. The summed E-state index contributed by atoms with van der Waals surface area (Å²) in [5.41, 5.74) is 5.57. The van der Waals surface area contributed by atoms with Crippen molar-refractivity contribution in [3.63, 3.8) is 0 Å². The van der Waals surface area contributed by atoms with Crippen molar-refractivity contribution in [2.45, 2.75) is 50.0 Å². The third-order valence-electron chi connectivity index (χ3n) is 6.69. The number of urea groups is 1. The van der Waals surface area contributed by atoms with Gasteiger partial charge in [-0.3, -0.25) is 0 Å². The molecule has 1 aliphatic carbocycles. The van der Waals surface area contributed by atoms with E-state index in [1.807, 2.05) is 72.3 Å². The van der Waals surface area contributed by atoms with Gasteiger partial charge in [0.25, 0.3) is 10.0 Å². The Hall–Kier alpha value is -3.91. The lowest BCUT2D eigenvalue weighted by Crippen LogP contribution is -2.45. The van der Waals surface area contributed by atoms with Gasteiger partial charge in [0.2, 0.25) is 0 Å². The fraction of sp³-hybridized carbons (Fsp3) is 0.241. The molecule has 5 rings (SSSR count). The van der Waals surface area contributed by atoms with E-state index in [1.54, 1.807) is 12.1 Å². The minimum atomic E-state index is -4.01. The molecular weight excluding hydrogens is 484 g/mol. The molecule has 190 valence electrons. The maximum Gasteiger partial charge on any atom is 0.328 e. The Morgan fingerprint density at radius 1 is 0.865 bits per heavy atom. The van der Waals surface area contributed by atoms with Crippen LogP contribution in [0.25, 0.3) is 28.2 Å². The maximum atomic E-state index is 12.8. The second-order valence-corrected chi connectivity index (χ2v) is 11.1. The molecule has 1 heterocycles. The van der Waals surface area contributed by atoms with Crippen molar-refractivity contribution < 1.29 is 13.2 Å². The van der Waals surface area contributed by atoms with Gasteiger partial charge in [-0.15, -0.1) is 0 Å². The Morgan fingerprint density at radius 2 is 1.54 bits per heavy atom. The predicted octanol–water partition coefficient (Wildman–Crippen LogP) is 5.84. The summed E-state index contributed by atoms with van der Waals surface area (Å²) in [4.78, 5) is 12.3. The highest BCUT2D eigenvalue weighted by atomic mass is 32.2. The van der Waals surface area contributed by atoms with Crippen LogP contribution < -0.4 is 10.0 Å². The topological polar surface area (TPSA) is 93.1 Å². The third kappa shape index (κ3) is 5.75. The molecule has 0 atom stereocenters. The Kier molecular flexibility index (Phi) is 7.10. The number of nitrogens with one attached hydrogen (secondary N) is 2. The number of aryl methyl sites for hydroxylation is 1. The van der Waals surface area contributed by atoms with E-state index in [0.717, 1.165) is 54.6 Å². The van der Waals surface area contributed by atoms with Crippen LogP contribution in [0.1, 0.15) is 37.7 Å². The van der Waals surface area contributed by atoms with E-state index in [4.69, 9.17) is 5.10 Å². The lowest BCUT2D eigenvalue weighted by atomic mass is 9.96. The van der Waals surface area contributed by atoms with Gasteiger partial charge in [0, 0.05) is 17.2 Å². The van der Waals surface area contributed by atoms with E-state index < -0.39 is 16.1 Å². The van der Waals surface area contributed by atoms with Crippen molar-refractivity contribution in [3.05, 3.63) is 90.5 Å². The second-order valence-electron chi connectivity index (χ2n) is 9.47. The van der Waals surface area contributed by atoms with Crippen molar-refractivity contribution in [1.82, 2.24) is 19.8 Å². The molecule has 7 nitrogen and oxygen atoms in total. The summed E-state index contributed by atoms with van der Waals surface area (Å²) in [6.07, 6.45) is 4.99. The van der Waals surface area contributed by atoms with Crippen molar-refractivity contribution in [3.8, 4) is 28.2 Å². The fourth-order valence-electron chi connectivity index (χ4n) is 4.67. The van der Waals surface area contributed by atoms with Crippen LogP contribution in [0.3, 0.4) is 0 Å². The van der Waals surface area contributed by atoms with E-state index in [0.29, 0.717) is 5.69 Å². The van der Waals surface area contributed by atoms with Crippen LogP contribution in [0.5, 0.6) is 0 Å². The van der Waals surface area contributed by atoms with Gasteiger partial charge in [-0.25, -0.2) is 22.6 Å². The minimum absolute atomic E-state index is 0.0159. The highest BCUT2D eigenvalue weighted by Crippen LogP contribution is 2.29. The first-order chi connectivity index (χ1) is 17.9. The number of sulfonamides is 1. The fourth-order valence-corrected chi connectivity index (χ4v) is 5.58. The van der Waals surface area contributed by atoms with Gasteiger partial charge in [0.15, 0.2) is 0 Å². The first-order valence-corrected chi connectivity index (χ1v) is 14.0. The number of carbonyl (C=O) groups is 1. The molecule has 0 spiro atoms. The second kappa shape index (κ2) is 10.6. The number of benzene rings is 3. The summed E-state index contributed by atoms with van der Waals surface area (Å²) in [6.45, 7) is 2.04. The molecule has 0 saturated heterocycles. The van der Waals surface area contributed by atoms with Gasteiger partial charge < -0.3 is 5.32 Å². The number of amides is 2. The third-order valence-corrected chi connectivity index (χ3v) is 8.03. The molecule has 2 amide bonds. The zero-order chi connectivity index (χ0) is 25.8. The summed E-state index contributed by atoms with van der Waals surface area (Å²) < 4.78 is 29.6. The average Bonchev–Trinajstić information content (AvgIpc) is 3.35. The first kappa shape index (κ1) is 24.8. The number of aromatic nitrogens is 2. The standard InChI is InChI=1S/C29H30N4O3S/c1-21-12-14-22(15-13-21)27-20-28(23-8-4-2-5-9-23)33(31-27)25-16-18-26(19-17-25)37(35,36)32-29(34)30-24-10-6-3-7-11-24/h2,4-5,8-9,12-20,24H,3,6-7,10-11H2,1H3,(H2,30,32,34). The summed E-state index contributed by atoms with van der Waals surface area (Å²) in [7, 11) is -4.01. The predicted molar refractivity (Wildman–Crippen MR) is 145 cm³/mol. The molecule has 0 radical (unpaired) electrons. The molecule has 3 aromatic carbocycles. The monoisotopic (exact) mass is 514 g/mol. The van der Waals surface area contributed by atoms with E-state index in [9.17, 15) is 13.2 Å². The van der Waals surface area contributed by atoms with Gasteiger partial charge in [-0.1, -0.05) is 79.4 Å². The van der Waals surface area contributed by atoms with Crippen LogP contribution in [-0.2, 0) is 10.0 Å². The van der Waals surface area contributed by atoms with Gasteiger partial charge in [-0.05, 0) is 50.1 Å². The van der Waals surface area contributed by atoms with Crippen molar-refractivity contribution in [2.75, 3.05) is 0 Å². The summed E-state index contributed by atoms with van der Waals surface area (Å²) in [6, 6.07) is 25.9. The smallest absolute Gasteiger partial charge is 0.328 e. The van der Waals surface area contributed by atoms with Crippen LogP contribution in [0.15, 0.2) is 89.8 Å². The lowest BCUT2D eigenvalue weighted by Gasteiger charge is -2.22. The van der Waals surface area contributed by atoms with Crippen LogP contribution in [0.4, 0.5) is 4.79 Å². The van der Waals surface area contributed by atoms with Gasteiger partial charge >= 0.3 is 6.03 Å². The Labute approximate surface area is 217 Å². The molecule has 8 heteroatoms. The Bertz CT molecular complexity index is 1470. The zero-order valence-corrected chi connectivity index (χ0v) is 21.5. The van der Waals surface area contributed by atoms with Crippen LogP contribution in [0.2, 0.25) is 0 Å². The summed E-state index contributed by atoms with van der Waals surface area (Å²) in [5, 5.41) is 7.64. The molecule has 0 aliphatic heterocycles. The quantitative estimate of drug-likeness (QED) is 0.338. The molecule has 0 bridgehead atoms. The van der Waals surface area contributed by atoms with Crippen molar-refractivity contribution >= 4 is 16.1 Å². The SMILES string of the molecule is Cc1ccc(-c2cc(-c3ccccc3)n(-c3ccc(S(=O)(=O)NC(=O)NC4CCCCC4)cc3)n2)cc1. The Balaban J connectivity index is 1.41. The van der Waals surface area contributed by atoms with Crippen LogP contribution in [-0.4, -0.2) is 30.3 Å². The van der Waals surface area contributed by atoms with Gasteiger partial charge in [0.1, 0.15) is 0 Å². The molecule has 1 saturated carbocycles. The van der Waals surface area contributed by atoms with Crippen molar-refractivity contribution in [2.24, 2.45) is 0 Å². The number of hydrogen-bond donors (Lipinski definition) is 2. The molecule has 37 heavy (non-hydrogen) atoms. The number of nitrogens with zero attached hydrogens (tertiary/aromatic N) is 2. The number of carbonyl (C=O) groups excluding carboxylic acids is 1. The van der Waals surface area contributed by atoms with Crippen LogP contribution in [0, 0.1) is 6.92 Å². The molecular formula is C29H30N4O3S. The highest BCUT2D eigenvalue weighted by Gasteiger charge is 2.22. The van der Waals surface area contributed by atoms with E-state index in [2.05, 4.69) is 10.0 Å². The lowest BCUT2D eigenvalue weighted by molar-refractivity contribution is 0.237. The van der Waals surface area contributed by atoms with Crippen molar-refractivity contribution in [1.29, 1.82) is 0 Å². The number of hydrogen-bond acceptors (Lipinski definition) is 4. The molecule has 1 aliphatic rings.